The zero-order chi connectivity index (χ0) is 18.7. The topological polar surface area (TPSA) is 73.2 Å². The highest BCUT2D eigenvalue weighted by molar-refractivity contribution is 7.17. The van der Waals surface area contributed by atoms with Crippen LogP contribution in [-0.2, 0) is 24.1 Å². The van der Waals surface area contributed by atoms with Crippen molar-refractivity contribution in [2.45, 2.75) is 59.4 Å². The van der Waals surface area contributed by atoms with Gasteiger partial charge in [-0.3, -0.25) is 9.48 Å². The normalized spacial score (nSPS) is 13.8. The van der Waals surface area contributed by atoms with E-state index in [1.165, 1.54) is 22.6 Å². The van der Waals surface area contributed by atoms with E-state index in [2.05, 4.69) is 10.4 Å². The highest BCUT2D eigenvalue weighted by Crippen LogP contribution is 2.38. The summed E-state index contributed by atoms with van der Waals surface area (Å²) in [5.74, 6) is -0.586. The Morgan fingerprint density at radius 2 is 2.04 bits per heavy atom. The van der Waals surface area contributed by atoms with Gasteiger partial charge in [0, 0.05) is 11.4 Å². The van der Waals surface area contributed by atoms with Gasteiger partial charge in [0.2, 0.25) is 0 Å². The van der Waals surface area contributed by atoms with Crippen LogP contribution in [0, 0.1) is 6.92 Å². The lowest BCUT2D eigenvalue weighted by Crippen LogP contribution is -2.19. The minimum atomic E-state index is -0.345. The minimum absolute atomic E-state index is 0.241. The summed E-state index contributed by atoms with van der Waals surface area (Å²) < 4.78 is 6.94. The first kappa shape index (κ1) is 18.6. The lowest BCUT2D eigenvalue weighted by atomic mass is 10.1. The number of fused-ring (bicyclic) bond motifs is 1. The van der Waals surface area contributed by atoms with Crippen molar-refractivity contribution < 1.29 is 14.3 Å². The van der Waals surface area contributed by atoms with E-state index in [4.69, 9.17) is 4.74 Å². The number of nitrogens with one attached hydrogen (secondary N) is 1. The first-order valence-electron chi connectivity index (χ1n) is 9.22. The monoisotopic (exact) mass is 375 g/mol. The van der Waals surface area contributed by atoms with Gasteiger partial charge in [-0.2, -0.15) is 5.10 Å². The van der Waals surface area contributed by atoms with Crippen molar-refractivity contribution in [2.75, 3.05) is 11.9 Å². The van der Waals surface area contributed by atoms with Crippen LogP contribution in [0.4, 0.5) is 5.00 Å². The standard InChI is InChI=1S/C19H25N3O3S/c1-4-22-14(11-12(3)21-22)17(23)20-18-16(19(24)25-5-2)13-9-7-6-8-10-15(13)26-18/h11H,4-10H2,1-3H3,(H,20,23). The molecular formula is C19H25N3O3S. The molecule has 1 N–H and O–H groups in total. The van der Waals surface area contributed by atoms with E-state index in [1.54, 1.807) is 17.7 Å². The lowest BCUT2D eigenvalue weighted by molar-refractivity contribution is 0.0527. The first-order valence-corrected chi connectivity index (χ1v) is 10.0. The zero-order valence-electron chi connectivity index (χ0n) is 15.6. The third kappa shape index (κ3) is 3.67. The summed E-state index contributed by atoms with van der Waals surface area (Å²) in [4.78, 5) is 26.6. The highest BCUT2D eigenvalue weighted by atomic mass is 32.1. The molecule has 1 amide bonds. The molecule has 0 spiro atoms. The van der Waals surface area contributed by atoms with Crippen LogP contribution >= 0.6 is 11.3 Å². The summed E-state index contributed by atoms with van der Waals surface area (Å²) in [7, 11) is 0. The molecule has 0 aliphatic heterocycles. The van der Waals surface area contributed by atoms with Gasteiger partial charge < -0.3 is 10.1 Å². The molecule has 0 saturated carbocycles. The molecule has 2 heterocycles. The van der Waals surface area contributed by atoms with Gasteiger partial charge >= 0.3 is 5.97 Å². The van der Waals surface area contributed by atoms with Crippen molar-refractivity contribution in [3.8, 4) is 0 Å². The number of hydrogen-bond donors (Lipinski definition) is 1. The summed E-state index contributed by atoms with van der Waals surface area (Å²) in [5.41, 5.74) is 2.90. The Balaban J connectivity index is 1.96. The second kappa shape index (κ2) is 8.03. The third-order valence-corrected chi connectivity index (χ3v) is 5.77. The number of rotatable bonds is 5. The second-order valence-electron chi connectivity index (χ2n) is 6.43. The molecule has 0 bridgehead atoms. The van der Waals surface area contributed by atoms with Gasteiger partial charge in [0.25, 0.3) is 5.91 Å². The van der Waals surface area contributed by atoms with Crippen LogP contribution in [0.15, 0.2) is 6.07 Å². The van der Waals surface area contributed by atoms with E-state index in [-0.39, 0.29) is 11.9 Å². The average molecular weight is 375 g/mol. The molecule has 7 heteroatoms. The molecule has 2 aromatic heterocycles. The van der Waals surface area contributed by atoms with Gasteiger partial charge in [0.05, 0.1) is 17.9 Å². The Morgan fingerprint density at radius 1 is 1.27 bits per heavy atom. The molecule has 3 rings (SSSR count). The predicted molar refractivity (Wildman–Crippen MR) is 102 cm³/mol. The van der Waals surface area contributed by atoms with Crippen molar-refractivity contribution in [3.05, 3.63) is 33.5 Å². The van der Waals surface area contributed by atoms with Crippen LogP contribution in [0.1, 0.15) is 70.1 Å². The number of aryl methyl sites for hydroxylation is 3. The molecule has 0 atom stereocenters. The van der Waals surface area contributed by atoms with E-state index in [0.29, 0.717) is 29.4 Å². The van der Waals surface area contributed by atoms with Gasteiger partial charge in [-0.1, -0.05) is 6.42 Å². The van der Waals surface area contributed by atoms with Crippen LogP contribution in [0.3, 0.4) is 0 Å². The summed E-state index contributed by atoms with van der Waals surface area (Å²) in [6.07, 6.45) is 5.16. The molecule has 0 saturated heterocycles. The molecule has 1 aliphatic rings. The molecule has 2 aromatic rings. The summed E-state index contributed by atoms with van der Waals surface area (Å²) >= 11 is 1.51. The molecule has 26 heavy (non-hydrogen) atoms. The smallest absolute Gasteiger partial charge is 0.341 e. The van der Waals surface area contributed by atoms with Crippen LogP contribution in [0.5, 0.6) is 0 Å². The van der Waals surface area contributed by atoms with Crippen molar-refractivity contribution in [1.82, 2.24) is 9.78 Å². The molecule has 1 aliphatic carbocycles. The van der Waals surface area contributed by atoms with Crippen molar-refractivity contribution in [1.29, 1.82) is 0 Å². The fraction of sp³-hybridized carbons (Fsp3) is 0.526. The Bertz CT molecular complexity index is 822. The van der Waals surface area contributed by atoms with E-state index in [0.717, 1.165) is 36.9 Å². The van der Waals surface area contributed by atoms with Gasteiger partial charge in [-0.05, 0) is 58.1 Å². The number of aromatic nitrogens is 2. The van der Waals surface area contributed by atoms with Gasteiger partial charge in [0.1, 0.15) is 10.7 Å². The Labute approximate surface area is 157 Å². The van der Waals surface area contributed by atoms with Crippen LogP contribution in [0.25, 0.3) is 0 Å². The van der Waals surface area contributed by atoms with Gasteiger partial charge in [-0.15, -0.1) is 11.3 Å². The van der Waals surface area contributed by atoms with Crippen molar-refractivity contribution in [2.24, 2.45) is 0 Å². The largest absolute Gasteiger partial charge is 0.462 e. The number of carbonyl (C=O) groups excluding carboxylic acids is 2. The summed E-state index contributed by atoms with van der Waals surface area (Å²) in [5, 5.41) is 7.87. The molecular weight excluding hydrogens is 350 g/mol. The van der Waals surface area contributed by atoms with Crippen LogP contribution in [0.2, 0.25) is 0 Å². The van der Waals surface area contributed by atoms with Crippen LogP contribution in [-0.4, -0.2) is 28.3 Å². The number of nitrogens with zero attached hydrogens (tertiary/aromatic N) is 2. The molecule has 0 radical (unpaired) electrons. The fourth-order valence-electron chi connectivity index (χ4n) is 3.39. The second-order valence-corrected chi connectivity index (χ2v) is 7.54. The number of hydrogen-bond acceptors (Lipinski definition) is 5. The predicted octanol–water partition coefficient (Wildman–Crippen LogP) is 3.97. The van der Waals surface area contributed by atoms with Gasteiger partial charge in [-0.25, -0.2) is 4.79 Å². The lowest BCUT2D eigenvalue weighted by Gasteiger charge is -2.09. The Hall–Kier alpha value is -2.15. The molecule has 6 nitrogen and oxygen atoms in total. The SMILES string of the molecule is CCOC(=O)c1c(NC(=O)c2cc(C)nn2CC)sc2c1CCCCC2. The zero-order valence-corrected chi connectivity index (χ0v) is 16.4. The quantitative estimate of drug-likeness (QED) is 0.634. The van der Waals surface area contributed by atoms with E-state index < -0.39 is 0 Å². The van der Waals surface area contributed by atoms with E-state index in [1.807, 2.05) is 13.8 Å². The van der Waals surface area contributed by atoms with Crippen LogP contribution < -0.4 is 5.32 Å². The highest BCUT2D eigenvalue weighted by Gasteiger charge is 2.27. The first-order chi connectivity index (χ1) is 12.5. The number of thiophene rings is 1. The van der Waals surface area contributed by atoms with E-state index >= 15 is 0 Å². The van der Waals surface area contributed by atoms with E-state index in [9.17, 15) is 9.59 Å². The molecule has 0 fully saturated rings. The maximum absolute atomic E-state index is 12.8. The Morgan fingerprint density at radius 3 is 2.77 bits per heavy atom. The van der Waals surface area contributed by atoms with Crippen molar-refractivity contribution in [3.63, 3.8) is 0 Å². The fourth-order valence-corrected chi connectivity index (χ4v) is 4.66. The van der Waals surface area contributed by atoms with Crippen molar-refractivity contribution >= 4 is 28.2 Å². The number of amides is 1. The van der Waals surface area contributed by atoms with Gasteiger partial charge in [0.15, 0.2) is 0 Å². The molecule has 0 unspecified atom stereocenters. The maximum atomic E-state index is 12.8. The molecule has 0 aromatic carbocycles. The third-order valence-electron chi connectivity index (χ3n) is 4.56. The summed E-state index contributed by atoms with van der Waals surface area (Å²) in [6, 6.07) is 1.77. The number of ether oxygens (including phenoxy) is 1. The maximum Gasteiger partial charge on any atom is 0.341 e. The number of carbonyl (C=O) groups is 2. The minimum Gasteiger partial charge on any atom is -0.462 e. The molecule has 140 valence electrons. The number of anilines is 1. The summed E-state index contributed by atoms with van der Waals surface area (Å²) in [6.45, 7) is 6.53. The Kier molecular flexibility index (Phi) is 5.76. The number of esters is 1. The average Bonchev–Trinajstić information content (AvgIpc) is 3.07.